The Morgan fingerprint density at radius 3 is 2.86 bits per heavy atom. The molecule has 1 aliphatic rings. The third kappa shape index (κ3) is 3.94. The molecule has 0 aromatic carbocycles. The molecular formula is C21H24N4O2S. The van der Waals surface area contributed by atoms with E-state index in [0.717, 1.165) is 36.5 Å². The number of hydrogen-bond acceptors (Lipinski definition) is 4. The fourth-order valence-electron chi connectivity index (χ4n) is 4.02. The van der Waals surface area contributed by atoms with Crippen molar-refractivity contribution >= 4 is 34.2 Å². The Morgan fingerprint density at radius 1 is 1.32 bits per heavy atom. The van der Waals surface area contributed by atoms with Gasteiger partial charge < -0.3 is 15.2 Å². The molecule has 0 aliphatic carbocycles. The van der Waals surface area contributed by atoms with Crippen LogP contribution in [0.5, 0.6) is 0 Å². The second-order valence-electron chi connectivity index (χ2n) is 7.27. The lowest BCUT2D eigenvalue weighted by Crippen LogP contribution is -2.40. The number of piperidine rings is 1. The van der Waals surface area contributed by atoms with Gasteiger partial charge in [-0.25, -0.2) is 4.98 Å². The normalized spacial score (nSPS) is 16.2. The third-order valence-corrected chi connectivity index (χ3v) is 6.40. The Hall–Kier alpha value is -2.67. The number of aromatic amines is 1. The van der Waals surface area contributed by atoms with E-state index in [4.69, 9.17) is 0 Å². The Labute approximate surface area is 168 Å². The maximum atomic E-state index is 12.9. The molecule has 1 saturated heterocycles. The summed E-state index contributed by atoms with van der Waals surface area (Å²) in [6.07, 6.45) is 6.04. The smallest absolute Gasteiger partial charge is 0.225 e. The van der Waals surface area contributed by atoms with E-state index in [2.05, 4.69) is 27.5 Å². The predicted molar refractivity (Wildman–Crippen MR) is 110 cm³/mol. The molecule has 4 rings (SSSR count). The van der Waals surface area contributed by atoms with Crippen molar-refractivity contribution in [3.8, 4) is 0 Å². The molecule has 3 aromatic heterocycles. The van der Waals surface area contributed by atoms with E-state index in [9.17, 15) is 9.59 Å². The number of pyridine rings is 1. The number of amides is 2. The first kappa shape index (κ1) is 18.7. The first-order valence-electron chi connectivity index (χ1n) is 9.62. The number of likely N-dealkylation sites (tertiary alicyclic amines) is 1. The molecule has 1 atom stereocenters. The fraction of sp³-hybridized carbons (Fsp3) is 0.381. The van der Waals surface area contributed by atoms with Gasteiger partial charge in [-0.15, -0.1) is 11.3 Å². The van der Waals surface area contributed by atoms with Crippen LogP contribution in [-0.2, 0) is 9.59 Å². The molecule has 0 saturated carbocycles. The minimum Gasteiger partial charge on any atom is -0.348 e. The van der Waals surface area contributed by atoms with Crippen LogP contribution < -0.4 is 5.32 Å². The fourth-order valence-corrected chi connectivity index (χ4v) is 4.79. The second-order valence-corrected chi connectivity index (χ2v) is 8.25. The Balaban J connectivity index is 1.39. The van der Waals surface area contributed by atoms with Gasteiger partial charge >= 0.3 is 0 Å². The zero-order chi connectivity index (χ0) is 19.5. The molecule has 1 aliphatic heterocycles. The van der Waals surface area contributed by atoms with Gasteiger partial charge in [-0.05, 0) is 47.9 Å². The van der Waals surface area contributed by atoms with Gasteiger partial charge in [0.2, 0.25) is 11.8 Å². The number of fused-ring (bicyclic) bond motifs is 1. The molecule has 1 fully saturated rings. The molecule has 0 spiro atoms. The highest BCUT2D eigenvalue weighted by Gasteiger charge is 2.27. The number of rotatable bonds is 5. The Morgan fingerprint density at radius 2 is 2.14 bits per heavy atom. The lowest BCUT2D eigenvalue weighted by atomic mass is 9.89. The highest BCUT2D eigenvalue weighted by atomic mass is 32.1. The van der Waals surface area contributed by atoms with Gasteiger partial charge in [0.15, 0.2) is 0 Å². The van der Waals surface area contributed by atoms with Gasteiger partial charge in [0.05, 0.1) is 12.5 Å². The summed E-state index contributed by atoms with van der Waals surface area (Å²) in [6.45, 7) is 2.98. The summed E-state index contributed by atoms with van der Waals surface area (Å²) in [7, 11) is 0. The number of H-pyrrole nitrogens is 1. The SMILES string of the molecule is CC(=O)NC(CC(=O)N1CCC(c2c[nH]c3ncccc23)CC1)c1cccs1. The first-order valence-corrected chi connectivity index (χ1v) is 10.5. The van der Waals surface area contributed by atoms with Crippen LogP contribution in [-0.4, -0.2) is 39.8 Å². The summed E-state index contributed by atoms with van der Waals surface area (Å²) < 4.78 is 0. The van der Waals surface area contributed by atoms with Gasteiger partial charge in [-0.1, -0.05) is 6.07 Å². The zero-order valence-electron chi connectivity index (χ0n) is 15.9. The van der Waals surface area contributed by atoms with Crippen LogP contribution in [0.25, 0.3) is 11.0 Å². The molecule has 7 heteroatoms. The maximum absolute atomic E-state index is 12.9. The van der Waals surface area contributed by atoms with E-state index in [1.165, 1.54) is 17.9 Å². The van der Waals surface area contributed by atoms with Crippen LogP contribution in [0.1, 0.15) is 48.6 Å². The molecule has 0 radical (unpaired) electrons. The molecule has 3 aromatic rings. The molecule has 4 heterocycles. The molecule has 1 unspecified atom stereocenters. The number of carbonyl (C=O) groups is 2. The second kappa shape index (κ2) is 8.14. The third-order valence-electron chi connectivity index (χ3n) is 5.41. The first-order chi connectivity index (χ1) is 13.6. The van der Waals surface area contributed by atoms with Gasteiger partial charge in [0.1, 0.15) is 5.65 Å². The molecule has 2 amide bonds. The van der Waals surface area contributed by atoms with Gasteiger partial charge in [0.25, 0.3) is 0 Å². The largest absolute Gasteiger partial charge is 0.348 e. The number of hydrogen-bond donors (Lipinski definition) is 2. The van der Waals surface area contributed by atoms with E-state index in [-0.39, 0.29) is 17.9 Å². The summed E-state index contributed by atoms with van der Waals surface area (Å²) in [6, 6.07) is 7.73. The van der Waals surface area contributed by atoms with E-state index < -0.39 is 0 Å². The number of aromatic nitrogens is 2. The van der Waals surface area contributed by atoms with Gasteiger partial charge in [-0.3, -0.25) is 9.59 Å². The monoisotopic (exact) mass is 396 g/mol. The van der Waals surface area contributed by atoms with Crippen molar-refractivity contribution in [3.05, 3.63) is 52.5 Å². The number of nitrogens with zero attached hydrogens (tertiary/aromatic N) is 2. The maximum Gasteiger partial charge on any atom is 0.225 e. The Kier molecular flexibility index (Phi) is 5.43. The van der Waals surface area contributed by atoms with Crippen molar-refractivity contribution in [2.24, 2.45) is 0 Å². The van der Waals surface area contributed by atoms with E-state index in [1.54, 1.807) is 17.5 Å². The van der Waals surface area contributed by atoms with Crippen molar-refractivity contribution in [2.45, 2.75) is 38.1 Å². The quantitative estimate of drug-likeness (QED) is 0.692. The molecule has 2 N–H and O–H groups in total. The Bertz CT molecular complexity index is 958. The van der Waals surface area contributed by atoms with Crippen LogP contribution in [0.15, 0.2) is 42.0 Å². The standard InChI is InChI=1S/C21H24N4O2S/c1-14(26)24-18(19-5-3-11-28-19)12-20(27)25-9-6-15(7-10-25)17-13-23-21-16(17)4-2-8-22-21/h2-5,8,11,13,15,18H,6-7,9-10,12H2,1H3,(H,22,23)(H,24,26). The van der Waals surface area contributed by atoms with Crippen molar-refractivity contribution in [3.63, 3.8) is 0 Å². The molecular weight excluding hydrogens is 372 g/mol. The van der Waals surface area contributed by atoms with E-state index in [0.29, 0.717) is 12.3 Å². The van der Waals surface area contributed by atoms with Crippen LogP contribution >= 0.6 is 11.3 Å². The number of thiophene rings is 1. The van der Waals surface area contributed by atoms with Crippen molar-refractivity contribution in [2.75, 3.05) is 13.1 Å². The zero-order valence-corrected chi connectivity index (χ0v) is 16.7. The average molecular weight is 397 g/mol. The number of nitrogens with one attached hydrogen (secondary N) is 2. The lowest BCUT2D eigenvalue weighted by Gasteiger charge is -2.33. The highest BCUT2D eigenvalue weighted by Crippen LogP contribution is 2.33. The predicted octanol–water partition coefficient (Wildman–Crippen LogP) is 3.60. The van der Waals surface area contributed by atoms with Crippen molar-refractivity contribution in [1.82, 2.24) is 20.2 Å². The molecule has 6 nitrogen and oxygen atoms in total. The minimum absolute atomic E-state index is 0.103. The van der Waals surface area contributed by atoms with Crippen molar-refractivity contribution in [1.29, 1.82) is 0 Å². The summed E-state index contributed by atoms with van der Waals surface area (Å²) >= 11 is 1.57. The summed E-state index contributed by atoms with van der Waals surface area (Å²) in [5, 5.41) is 6.06. The molecule has 0 bridgehead atoms. The summed E-state index contributed by atoms with van der Waals surface area (Å²) in [4.78, 5) is 35.0. The molecule has 146 valence electrons. The van der Waals surface area contributed by atoms with E-state index in [1.807, 2.05) is 28.5 Å². The van der Waals surface area contributed by atoms with Crippen LogP contribution in [0.3, 0.4) is 0 Å². The lowest BCUT2D eigenvalue weighted by molar-refractivity contribution is -0.133. The topological polar surface area (TPSA) is 78.1 Å². The average Bonchev–Trinajstić information content (AvgIpc) is 3.37. The van der Waals surface area contributed by atoms with Gasteiger partial charge in [-0.2, -0.15) is 0 Å². The summed E-state index contributed by atoms with van der Waals surface area (Å²) in [5.41, 5.74) is 2.22. The van der Waals surface area contributed by atoms with Crippen LogP contribution in [0.4, 0.5) is 0 Å². The van der Waals surface area contributed by atoms with Gasteiger partial charge in [0, 0.05) is 42.7 Å². The van der Waals surface area contributed by atoms with Crippen molar-refractivity contribution < 1.29 is 9.59 Å². The van der Waals surface area contributed by atoms with Crippen LogP contribution in [0, 0.1) is 0 Å². The number of carbonyl (C=O) groups excluding carboxylic acids is 2. The summed E-state index contributed by atoms with van der Waals surface area (Å²) in [5.74, 6) is 0.425. The van der Waals surface area contributed by atoms with E-state index >= 15 is 0 Å². The molecule has 28 heavy (non-hydrogen) atoms. The highest BCUT2D eigenvalue weighted by molar-refractivity contribution is 7.10. The minimum atomic E-state index is -0.248. The van der Waals surface area contributed by atoms with Crippen LogP contribution in [0.2, 0.25) is 0 Å².